The SMILES string of the molecule is CCCCN(C)c1nc(C)c(CNC(C)(C)C)s1. The summed E-state index contributed by atoms with van der Waals surface area (Å²) in [4.78, 5) is 8.28. The molecule has 0 spiro atoms. The molecule has 0 unspecified atom stereocenters. The fourth-order valence-electron chi connectivity index (χ4n) is 1.58. The highest BCUT2D eigenvalue weighted by Gasteiger charge is 2.14. The molecule has 0 atom stereocenters. The Morgan fingerprint density at radius 2 is 2.00 bits per heavy atom. The van der Waals surface area contributed by atoms with E-state index in [9.17, 15) is 0 Å². The topological polar surface area (TPSA) is 28.2 Å². The smallest absolute Gasteiger partial charge is 0.185 e. The summed E-state index contributed by atoms with van der Waals surface area (Å²) in [6, 6.07) is 0. The third-order valence-electron chi connectivity index (χ3n) is 2.83. The van der Waals surface area contributed by atoms with Crippen LogP contribution in [0, 0.1) is 6.92 Å². The first kappa shape index (κ1) is 15.4. The Morgan fingerprint density at radius 1 is 1.33 bits per heavy atom. The number of thiazole rings is 1. The fourth-order valence-corrected chi connectivity index (χ4v) is 2.56. The lowest BCUT2D eigenvalue weighted by Gasteiger charge is -2.20. The number of nitrogens with zero attached hydrogens (tertiary/aromatic N) is 2. The van der Waals surface area contributed by atoms with Crippen LogP contribution >= 0.6 is 11.3 Å². The van der Waals surface area contributed by atoms with Gasteiger partial charge in [-0.05, 0) is 34.1 Å². The summed E-state index contributed by atoms with van der Waals surface area (Å²) >= 11 is 1.81. The van der Waals surface area contributed by atoms with Gasteiger partial charge in [0.15, 0.2) is 5.13 Å². The van der Waals surface area contributed by atoms with Gasteiger partial charge in [-0.2, -0.15) is 0 Å². The Kier molecular flexibility index (Phi) is 5.60. The van der Waals surface area contributed by atoms with E-state index in [-0.39, 0.29) is 5.54 Å². The molecule has 0 amide bonds. The highest BCUT2D eigenvalue weighted by Crippen LogP contribution is 2.25. The average molecular weight is 269 g/mol. The number of anilines is 1. The van der Waals surface area contributed by atoms with Crippen LogP contribution < -0.4 is 10.2 Å². The molecule has 0 saturated carbocycles. The second-order valence-corrected chi connectivity index (χ2v) is 6.95. The van der Waals surface area contributed by atoms with E-state index in [1.165, 1.54) is 17.7 Å². The van der Waals surface area contributed by atoms with Gasteiger partial charge in [0.25, 0.3) is 0 Å². The molecule has 0 radical (unpaired) electrons. The number of rotatable bonds is 6. The van der Waals surface area contributed by atoms with E-state index >= 15 is 0 Å². The van der Waals surface area contributed by atoms with Gasteiger partial charge in [0, 0.05) is 30.6 Å². The number of aryl methyl sites for hydroxylation is 1. The minimum atomic E-state index is 0.157. The molecule has 104 valence electrons. The molecule has 0 aliphatic carbocycles. The van der Waals surface area contributed by atoms with Gasteiger partial charge >= 0.3 is 0 Å². The van der Waals surface area contributed by atoms with E-state index in [0.29, 0.717) is 0 Å². The lowest BCUT2D eigenvalue weighted by atomic mass is 10.1. The molecule has 1 rings (SSSR count). The largest absolute Gasteiger partial charge is 0.351 e. The van der Waals surface area contributed by atoms with Crippen LogP contribution in [0.15, 0.2) is 0 Å². The van der Waals surface area contributed by atoms with Gasteiger partial charge in [0.1, 0.15) is 0 Å². The van der Waals surface area contributed by atoms with Crippen LogP contribution in [-0.4, -0.2) is 24.1 Å². The van der Waals surface area contributed by atoms with Crippen LogP contribution in [0.25, 0.3) is 0 Å². The second-order valence-electron chi connectivity index (χ2n) is 5.88. The molecule has 18 heavy (non-hydrogen) atoms. The molecular formula is C14H27N3S. The predicted octanol–water partition coefficient (Wildman–Crippen LogP) is 3.58. The average Bonchev–Trinajstić information content (AvgIpc) is 2.64. The third-order valence-corrected chi connectivity index (χ3v) is 4.11. The molecule has 1 heterocycles. The van der Waals surface area contributed by atoms with Crippen molar-refractivity contribution in [2.75, 3.05) is 18.5 Å². The summed E-state index contributed by atoms with van der Waals surface area (Å²) in [6.07, 6.45) is 2.46. The Morgan fingerprint density at radius 3 is 2.56 bits per heavy atom. The van der Waals surface area contributed by atoms with Crippen LogP contribution in [-0.2, 0) is 6.54 Å². The predicted molar refractivity (Wildman–Crippen MR) is 81.6 cm³/mol. The second kappa shape index (κ2) is 6.53. The van der Waals surface area contributed by atoms with Gasteiger partial charge in [-0.1, -0.05) is 13.3 Å². The van der Waals surface area contributed by atoms with Gasteiger partial charge in [-0.3, -0.25) is 0 Å². The highest BCUT2D eigenvalue weighted by atomic mass is 32.1. The summed E-state index contributed by atoms with van der Waals surface area (Å²) in [5.41, 5.74) is 1.32. The zero-order valence-corrected chi connectivity index (χ0v) is 13.4. The maximum Gasteiger partial charge on any atom is 0.185 e. The first-order valence-corrected chi connectivity index (χ1v) is 7.57. The van der Waals surface area contributed by atoms with E-state index in [1.807, 2.05) is 11.3 Å². The maximum absolute atomic E-state index is 4.67. The molecule has 0 bridgehead atoms. The minimum Gasteiger partial charge on any atom is -0.351 e. The number of nitrogens with one attached hydrogen (secondary N) is 1. The molecule has 0 aliphatic rings. The molecule has 1 aromatic heterocycles. The molecular weight excluding hydrogens is 242 g/mol. The molecule has 0 aromatic carbocycles. The van der Waals surface area contributed by atoms with Crippen molar-refractivity contribution in [2.24, 2.45) is 0 Å². The van der Waals surface area contributed by atoms with Crippen LogP contribution in [0.5, 0.6) is 0 Å². The van der Waals surface area contributed by atoms with E-state index in [1.54, 1.807) is 0 Å². The highest BCUT2D eigenvalue weighted by molar-refractivity contribution is 7.15. The molecule has 0 fully saturated rings. The summed E-state index contributed by atoms with van der Waals surface area (Å²) in [5, 5.41) is 4.67. The molecule has 0 saturated heterocycles. The quantitative estimate of drug-likeness (QED) is 0.855. The summed E-state index contributed by atoms with van der Waals surface area (Å²) in [6.45, 7) is 12.9. The molecule has 4 heteroatoms. The first-order chi connectivity index (χ1) is 8.33. The summed E-state index contributed by atoms with van der Waals surface area (Å²) < 4.78 is 0. The van der Waals surface area contributed by atoms with E-state index in [2.05, 4.69) is 56.9 Å². The van der Waals surface area contributed by atoms with Gasteiger partial charge in [0.2, 0.25) is 0 Å². The number of unbranched alkanes of at least 4 members (excludes halogenated alkanes) is 1. The van der Waals surface area contributed by atoms with E-state index in [0.717, 1.165) is 23.9 Å². The van der Waals surface area contributed by atoms with Gasteiger partial charge < -0.3 is 10.2 Å². The van der Waals surface area contributed by atoms with Crippen molar-refractivity contribution in [3.05, 3.63) is 10.6 Å². The lowest BCUT2D eigenvalue weighted by Crippen LogP contribution is -2.34. The van der Waals surface area contributed by atoms with Crippen LogP contribution in [0.3, 0.4) is 0 Å². The Hall–Kier alpha value is -0.610. The van der Waals surface area contributed by atoms with Gasteiger partial charge in [-0.15, -0.1) is 11.3 Å². The number of hydrogen-bond acceptors (Lipinski definition) is 4. The zero-order valence-electron chi connectivity index (χ0n) is 12.6. The maximum atomic E-state index is 4.67. The Balaban J connectivity index is 2.63. The van der Waals surface area contributed by atoms with Crippen LogP contribution in [0.2, 0.25) is 0 Å². The van der Waals surface area contributed by atoms with Crippen LogP contribution in [0.4, 0.5) is 5.13 Å². The lowest BCUT2D eigenvalue weighted by molar-refractivity contribution is 0.425. The molecule has 1 N–H and O–H groups in total. The molecule has 1 aromatic rings. The van der Waals surface area contributed by atoms with Gasteiger partial charge in [-0.25, -0.2) is 4.98 Å². The Labute approximate surface area is 116 Å². The number of aromatic nitrogens is 1. The fraction of sp³-hybridized carbons (Fsp3) is 0.786. The van der Waals surface area contributed by atoms with Crippen molar-refractivity contribution < 1.29 is 0 Å². The third kappa shape index (κ3) is 4.94. The summed E-state index contributed by atoms with van der Waals surface area (Å²) in [7, 11) is 2.13. The Bertz CT molecular complexity index is 366. The van der Waals surface area contributed by atoms with Gasteiger partial charge in [0.05, 0.1) is 5.69 Å². The van der Waals surface area contributed by atoms with Crippen LogP contribution in [0.1, 0.15) is 51.1 Å². The summed E-state index contributed by atoms with van der Waals surface area (Å²) in [5.74, 6) is 0. The molecule has 3 nitrogen and oxygen atoms in total. The van der Waals surface area contributed by atoms with Crippen molar-refractivity contribution in [3.8, 4) is 0 Å². The van der Waals surface area contributed by atoms with E-state index in [4.69, 9.17) is 0 Å². The van der Waals surface area contributed by atoms with Crippen molar-refractivity contribution >= 4 is 16.5 Å². The molecule has 0 aliphatic heterocycles. The van der Waals surface area contributed by atoms with Crippen molar-refractivity contribution in [1.29, 1.82) is 0 Å². The first-order valence-electron chi connectivity index (χ1n) is 6.76. The van der Waals surface area contributed by atoms with E-state index < -0.39 is 0 Å². The minimum absolute atomic E-state index is 0.157. The van der Waals surface area contributed by atoms with Crippen molar-refractivity contribution in [3.63, 3.8) is 0 Å². The van der Waals surface area contributed by atoms with Crippen molar-refractivity contribution in [2.45, 2.75) is 59.5 Å². The zero-order chi connectivity index (χ0) is 13.8. The van der Waals surface area contributed by atoms with Crippen molar-refractivity contribution in [1.82, 2.24) is 10.3 Å². The monoisotopic (exact) mass is 269 g/mol. The normalized spacial score (nSPS) is 11.9. The number of hydrogen-bond donors (Lipinski definition) is 1. The standard InChI is InChI=1S/C14H27N3S/c1-7-8-9-17(6)13-16-11(2)12(18-13)10-15-14(3,4)5/h15H,7-10H2,1-6H3.